The van der Waals surface area contributed by atoms with Crippen molar-refractivity contribution in [3.63, 3.8) is 0 Å². The minimum absolute atomic E-state index is 0.147. The van der Waals surface area contributed by atoms with Crippen LogP contribution in [0.4, 0.5) is 4.39 Å². The van der Waals surface area contributed by atoms with Gasteiger partial charge in [-0.25, -0.2) is 9.18 Å². The van der Waals surface area contributed by atoms with Crippen LogP contribution in [-0.2, 0) is 4.74 Å². The summed E-state index contributed by atoms with van der Waals surface area (Å²) in [5.74, 6) is -0.507. The van der Waals surface area contributed by atoms with Crippen molar-refractivity contribution in [2.45, 2.75) is 58.8 Å². The number of aromatic nitrogens is 1. The molecule has 148 valence electrons. The molecular formula is C22H30FNO3. The zero-order chi connectivity index (χ0) is 19.5. The first kappa shape index (κ1) is 21.0. The molecule has 4 nitrogen and oxygen atoms in total. The summed E-state index contributed by atoms with van der Waals surface area (Å²) in [6, 6.07) is 7.24. The number of hydrogen-bond acceptors (Lipinski definition) is 3. The fourth-order valence-corrected chi connectivity index (χ4v) is 2.95. The minimum atomic E-state index is -0.684. The molecule has 0 radical (unpaired) electrons. The lowest BCUT2D eigenvalue weighted by Crippen LogP contribution is -2.06. The Morgan fingerprint density at radius 3 is 2.33 bits per heavy atom. The van der Waals surface area contributed by atoms with Crippen molar-refractivity contribution in [2.75, 3.05) is 13.2 Å². The maximum absolute atomic E-state index is 14.4. The predicted octanol–water partition coefficient (Wildman–Crippen LogP) is 6.13. The average molecular weight is 375 g/mol. The number of carbonyl (C=O) groups is 1. The van der Waals surface area contributed by atoms with Crippen LogP contribution >= 0.6 is 0 Å². The van der Waals surface area contributed by atoms with Crippen LogP contribution in [0.1, 0.15) is 69.3 Å². The number of ether oxygens (including phenoxy) is 2. The zero-order valence-corrected chi connectivity index (χ0v) is 16.4. The number of esters is 1. The molecule has 0 unspecified atom stereocenters. The van der Waals surface area contributed by atoms with E-state index in [9.17, 15) is 9.18 Å². The molecule has 5 heteroatoms. The van der Waals surface area contributed by atoms with Gasteiger partial charge in [-0.1, -0.05) is 57.6 Å². The van der Waals surface area contributed by atoms with Gasteiger partial charge in [0.15, 0.2) is 11.5 Å². The molecule has 0 saturated heterocycles. The Labute approximate surface area is 161 Å². The van der Waals surface area contributed by atoms with Crippen LogP contribution in [0.3, 0.4) is 0 Å². The number of nitrogens with one attached hydrogen (secondary N) is 1. The zero-order valence-electron chi connectivity index (χ0n) is 16.4. The topological polar surface area (TPSA) is 51.3 Å². The predicted molar refractivity (Wildman–Crippen MR) is 106 cm³/mol. The van der Waals surface area contributed by atoms with Gasteiger partial charge in [0.2, 0.25) is 0 Å². The van der Waals surface area contributed by atoms with E-state index in [1.807, 2.05) is 12.1 Å². The molecule has 2 rings (SSSR count). The molecule has 0 aliphatic rings. The van der Waals surface area contributed by atoms with Crippen molar-refractivity contribution in [1.82, 2.24) is 4.98 Å². The molecule has 0 atom stereocenters. The Morgan fingerprint density at radius 2 is 1.67 bits per heavy atom. The number of halogens is 1. The average Bonchev–Trinajstić information content (AvgIpc) is 3.06. The summed E-state index contributed by atoms with van der Waals surface area (Å²) in [6.45, 7) is 4.81. The summed E-state index contributed by atoms with van der Waals surface area (Å²) < 4.78 is 25.0. The maximum Gasteiger partial charge on any atom is 0.357 e. The van der Waals surface area contributed by atoms with Gasteiger partial charge in [-0.05, 0) is 31.0 Å². The summed E-state index contributed by atoms with van der Waals surface area (Å²) in [4.78, 5) is 14.4. The van der Waals surface area contributed by atoms with Crippen molar-refractivity contribution < 1.29 is 18.7 Å². The third kappa shape index (κ3) is 6.42. The summed E-state index contributed by atoms with van der Waals surface area (Å²) in [7, 11) is 0. The van der Waals surface area contributed by atoms with Crippen LogP contribution in [-0.4, -0.2) is 24.2 Å². The first-order valence-electron chi connectivity index (χ1n) is 9.94. The monoisotopic (exact) mass is 375 g/mol. The molecule has 2 aromatic rings. The molecule has 27 heavy (non-hydrogen) atoms. The van der Waals surface area contributed by atoms with Gasteiger partial charge in [-0.15, -0.1) is 0 Å². The molecule has 0 aliphatic carbocycles. The van der Waals surface area contributed by atoms with E-state index in [2.05, 4.69) is 11.9 Å². The number of carbonyl (C=O) groups excluding carboxylic acids is 1. The number of rotatable bonds is 12. The first-order valence-corrected chi connectivity index (χ1v) is 9.94. The SMILES string of the molecule is CCCCCCCCCOc1ccc(-c2c[nH]c(C(=O)OCC)c2F)cc1. The van der Waals surface area contributed by atoms with Crippen molar-refractivity contribution in [3.05, 3.63) is 42.0 Å². The summed E-state index contributed by atoms with van der Waals surface area (Å²) in [5, 5.41) is 0. The van der Waals surface area contributed by atoms with E-state index in [4.69, 9.17) is 9.47 Å². The highest BCUT2D eigenvalue weighted by atomic mass is 19.1. The van der Waals surface area contributed by atoms with Crippen molar-refractivity contribution in [3.8, 4) is 16.9 Å². The maximum atomic E-state index is 14.4. The van der Waals surface area contributed by atoms with Crippen LogP contribution in [0.15, 0.2) is 30.5 Å². The molecule has 0 aliphatic heterocycles. The summed E-state index contributed by atoms with van der Waals surface area (Å²) in [6.07, 6.45) is 10.2. The van der Waals surface area contributed by atoms with E-state index in [1.165, 1.54) is 44.7 Å². The van der Waals surface area contributed by atoms with Crippen molar-refractivity contribution in [1.29, 1.82) is 0 Å². The standard InChI is InChI=1S/C22H30FNO3/c1-3-5-6-7-8-9-10-15-27-18-13-11-17(12-14-18)19-16-24-21(20(19)23)22(25)26-4-2/h11-14,16,24H,3-10,15H2,1-2H3. The van der Waals surface area contributed by atoms with Crippen LogP contribution in [0.2, 0.25) is 0 Å². The molecule has 0 spiro atoms. The van der Waals surface area contributed by atoms with Crippen molar-refractivity contribution >= 4 is 5.97 Å². The molecule has 0 saturated carbocycles. The smallest absolute Gasteiger partial charge is 0.357 e. The molecule has 0 amide bonds. The number of H-pyrrole nitrogens is 1. The molecule has 0 bridgehead atoms. The Hall–Kier alpha value is -2.30. The van der Waals surface area contributed by atoms with Gasteiger partial charge in [0.1, 0.15) is 5.75 Å². The molecular weight excluding hydrogens is 345 g/mol. The lowest BCUT2D eigenvalue weighted by Gasteiger charge is -2.07. The van der Waals surface area contributed by atoms with Gasteiger partial charge in [0, 0.05) is 11.8 Å². The van der Waals surface area contributed by atoms with E-state index >= 15 is 0 Å². The molecule has 1 N–H and O–H groups in total. The largest absolute Gasteiger partial charge is 0.494 e. The Morgan fingerprint density at radius 1 is 1.00 bits per heavy atom. The highest BCUT2D eigenvalue weighted by Crippen LogP contribution is 2.27. The summed E-state index contributed by atoms with van der Waals surface area (Å²) >= 11 is 0. The normalized spacial score (nSPS) is 10.8. The van der Waals surface area contributed by atoms with Gasteiger partial charge in [-0.2, -0.15) is 0 Å². The minimum Gasteiger partial charge on any atom is -0.494 e. The fraction of sp³-hybridized carbons (Fsp3) is 0.500. The molecule has 1 aromatic carbocycles. The number of benzene rings is 1. The number of unbranched alkanes of at least 4 members (excludes halogenated alkanes) is 6. The number of aromatic amines is 1. The highest BCUT2D eigenvalue weighted by Gasteiger charge is 2.19. The van der Waals surface area contributed by atoms with Gasteiger partial charge in [-0.3, -0.25) is 0 Å². The quantitative estimate of drug-likeness (QED) is 0.359. The second-order valence-corrected chi connectivity index (χ2v) is 6.61. The Bertz CT molecular complexity index is 694. The van der Waals surface area contributed by atoms with Crippen LogP contribution in [0, 0.1) is 5.82 Å². The third-order valence-electron chi connectivity index (χ3n) is 4.48. The van der Waals surface area contributed by atoms with Gasteiger partial charge < -0.3 is 14.5 Å². The first-order chi connectivity index (χ1) is 13.2. The Balaban J connectivity index is 1.81. The van der Waals surface area contributed by atoms with E-state index < -0.39 is 11.8 Å². The highest BCUT2D eigenvalue weighted by molar-refractivity contribution is 5.90. The summed E-state index contributed by atoms with van der Waals surface area (Å²) in [5.41, 5.74) is 0.880. The van der Waals surface area contributed by atoms with Gasteiger partial charge in [0.25, 0.3) is 0 Å². The van der Waals surface area contributed by atoms with E-state index in [-0.39, 0.29) is 12.3 Å². The fourth-order valence-electron chi connectivity index (χ4n) is 2.95. The van der Waals surface area contributed by atoms with Gasteiger partial charge in [0.05, 0.1) is 13.2 Å². The molecule has 1 aromatic heterocycles. The van der Waals surface area contributed by atoms with E-state index in [0.29, 0.717) is 17.7 Å². The lowest BCUT2D eigenvalue weighted by molar-refractivity contribution is 0.0515. The van der Waals surface area contributed by atoms with Crippen LogP contribution in [0.5, 0.6) is 5.75 Å². The van der Waals surface area contributed by atoms with Crippen LogP contribution in [0.25, 0.3) is 11.1 Å². The van der Waals surface area contributed by atoms with E-state index in [1.54, 1.807) is 19.1 Å². The van der Waals surface area contributed by atoms with Crippen molar-refractivity contribution in [2.24, 2.45) is 0 Å². The van der Waals surface area contributed by atoms with E-state index in [0.717, 1.165) is 12.2 Å². The Kier molecular flexibility index (Phi) is 8.89. The van der Waals surface area contributed by atoms with Crippen LogP contribution < -0.4 is 4.74 Å². The lowest BCUT2D eigenvalue weighted by atomic mass is 10.1. The number of hydrogen-bond donors (Lipinski definition) is 1. The van der Waals surface area contributed by atoms with Gasteiger partial charge >= 0.3 is 5.97 Å². The second kappa shape index (κ2) is 11.4. The molecule has 1 heterocycles. The molecule has 0 fully saturated rings. The second-order valence-electron chi connectivity index (χ2n) is 6.61. The third-order valence-corrected chi connectivity index (χ3v) is 4.48.